The van der Waals surface area contributed by atoms with Crippen molar-refractivity contribution in [3.63, 3.8) is 0 Å². The Kier molecular flexibility index (Phi) is 5.21. The Morgan fingerprint density at radius 3 is 2.91 bits per heavy atom. The number of aliphatic hydroxyl groups excluding tert-OH is 2. The topological polar surface area (TPSA) is 62.2 Å². The summed E-state index contributed by atoms with van der Waals surface area (Å²) in [5.41, 5.74) is 1.01. The highest BCUT2D eigenvalue weighted by atomic mass is 16.5. The van der Waals surface area contributed by atoms with Gasteiger partial charge in [0.2, 0.25) is 0 Å². The molecule has 0 aromatic heterocycles. The second-order valence-electron chi connectivity index (χ2n) is 6.61. The van der Waals surface area contributed by atoms with E-state index < -0.39 is 0 Å². The molecule has 3 atom stereocenters. The van der Waals surface area contributed by atoms with Crippen molar-refractivity contribution in [2.24, 2.45) is 0 Å². The third-order valence-electron chi connectivity index (χ3n) is 5.37. The fourth-order valence-electron chi connectivity index (χ4n) is 4.11. The summed E-state index contributed by atoms with van der Waals surface area (Å²) in [6.07, 6.45) is 3.31. The van der Waals surface area contributed by atoms with Gasteiger partial charge in [0, 0.05) is 31.8 Å². The summed E-state index contributed by atoms with van der Waals surface area (Å²) in [6, 6.07) is 8.22. The van der Waals surface area contributed by atoms with E-state index in [2.05, 4.69) is 11.0 Å². The fourth-order valence-corrected chi connectivity index (χ4v) is 4.11. The number of para-hydroxylation sites is 1. The first kappa shape index (κ1) is 16.7. The molecule has 1 saturated carbocycles. The van der Waals surface area contributed by atoms with Crippen LogP contribution in [0.2, 0.25) is 0 Å². The number of ether oxygens (including phenoxy) is 2. The number of likely N-dealkylation sites (tertiary alicyclic amines) is 1. The summed E-state index contributed by atoms with van der Waals surface area (Å²) < 4.78 is 11.5. The van der Waals surface area contributed by atoms with Gasteiger partial charge in [-0.3, -0.25) is 4.90 Å². The van der Waals surface area contributed by atoms with Crippen molar-refractivity contribution in [2.45, 2.75) is 50.0 Å². The van der Waals surface area contributed by atoms with Crippen molar-refractivity contribution >= 4 is 0 Å². The second kappa shape index (κ2) is 7.18. The molecule has 5 heteroatoms. The largest absolute Gasteiger partial charge is 0.491 e. The predicted molar refractivity (Wildman–Crippen MR) is 87.4 cm³/mol. The van der Waals surface area contributed by atoms with E-state index in [1.807, 2.05) is 18.2 Å². The third kappa shape index (κ3) is 3.38. The van der Waals surface area contributed by atoms with E-state index in [0.29, 0.717) is 6.61 Å². The van der Waals surface area contributed by atoms with Gasteiger partial charge in [0.05, 0.1) is 18.3 Å². The van der Waals surface area contributed by atoms with Gasteiger partial charge in [-0.2, -0.15) is 0 Å². The Morgan fingerprint density at radius 1 is 1.30 bits per heavy atom. The Balaban J connectivity index is 1.75. The summed E-state index contributed by atoms with van der Waals surface area (Å²) in [5, 5.41) is 19.1. The van der Waals surface area contributed by atoms with Crippen molar-refractivity contribution in [2.75, 3.05) is 26.9 Å². The number of fused-ring (bicyclic) bond motifs is 1. The molecule has 0 bridgehead atoms. The van der Waals surface area contributed by atoms with Gasteiger partial charge in [0.1, 0.15) is 12.4 Å². The van der Waals surface area contributed by atoms with Crippen LogP contribution in [0.3, 0.4) is 0 Å². The van der Waals surface area contributed by atoms with Crippen molar-refractivity contribution in [1.82, 2.24) is 4.90 Å². The average Bonchev–Trinajstić information content (AvgIpc) is 2.93. The molecule has 0 radical (unpaired) electrons. The standard InChI is InChI=1S/C18H27NO4/c1-22-18-7-6-15(21)12-17(18)19(9-8-18)13-14-4-2-3-5-16(14)23-11-10-20/h2-5,15,17,20-21H,6-13H2,1H3/t15-,17+,18-/m0/s1. The lowest BCUT2D eigenvalue weighted by atomic mass is 9.79. The molecule has 1 saturated heterocycles. The highest BCUT2D eigenvalue weighted by Gasteiger charge is 2.50. The van der Waals surface area contributed by atoms with Gasteiger partial charge in [0.25, 0.3) is 0 Å². The Morgan fingerprint density at radius 2 is 2.13 bits per heavy atom. The van der Waals surface area contributed by atoms with Gasteiger partial charge in [0.15, 0.2) is 0 Å². The summed E-state index contributed by atoms with van der Waals surface area (Å²) in [7, 11) is 1.80. The summed E-state index contributed by atoms with van der Waals surface area (Å²) in [5.74, 6) is 0.827. The quantitative estimate of drug-likeness (QED) is 0.833. The van der Waals surface area contributed by atoms with Gasteiger partial charge in [-0.25, -0.2) is 0 Å². The minimum absolute atomic E-state index is 0.0135. The molecule has 2 aliphatic rings. The SMILES string of the molecule is CO[C@]12CC[C@H](O)C[C@H]1N(Cc1ccccc1OCCO)CC2. The molecule has 1 aromatic carbocycles. The van der Waals surface area contributed by atoms with E-state index in [1.54, 1.807) is 7.11 Å². The normalized spacial score (nSPS) is 31.1. The molecule has 1 heterocycles. The maximum atomic E-state index is 10.1. The maximum Gasteiger partial charge on any atom is 0.123 e. The van der Waals surface area contributed by atoms with Gasteiger partial charge in [-0.15, -0.1) is 0 Å². The molecule has 2 fully saturated rings. The van der Waals surface area contributed by atoms with E-state index in [9.17, 15) is 5.11 Å². The van der Waals surface area contributed by atoms with Gasteiger partial charge in [-0.1, -0.05) is 18.2 Å². The zero-order valence-corrected chi connectivity index (χ0v) is 13.8. The van der Waals surface area contributed by atoms with Crippen LogP contribution >= 0.6 is 0 Å². The summed E-state index contributed by atoms with van der Waals surface area (Å²) in [4.78, 5) is 2.41. The van der Waals surface area contributed by atoms with Crippen molar-refractivity contribution in [1.29, 1.82) is 0 Å². The lowest BCUT2D eigenvalue weighted by Crippen LogP contribution is -2.51. The molecule has 128 valence electrons. The number of aliphatic hydroxyl groups is 2. The zero-order valence-electron chi connectivity index (χ0n) is 13.8. The molecular formula is C18H27NO4. The Bertz CT molecular complexity index is 523. The first-order chi connectivity index (χ1) is 11.2. The monoisotopic (exact) mass is 321 g/mol. The molecule has 1 aliphatic heterocycles. The maximum absolute atomic E-state index is 10.1. The minimum atomic E-state index is -0.232. The molecule has 2 N–H and O–H groups in total. The first-order valence-corrected chi connectivity index (χ1v) is 8.47. The van der Waals surface area contributed by atoms with Crippen molar-refractivity contribution in [3.8, 4) is 5.75 Å². The van der Waals surface area contributed by atoms with Crippen LogP contribution in [0.5, 0.6) is 5.75 Å². The Hall–Kier alpha value is -1.14. The van der Waals surface area contributed by atoms with Crippen LogP contribution in [0.4, 0.5) is 0 Å². The molecular weight excluding hydrogens is 294 g/mol. The fraction of sp³-hybridized carbons (Fsp3) is 0.667. The smallest absolute Gasteiger partial charge is 0.123 e. The van der Waals surface area contributed by atoms with Gasteiger partial charge in [-0.05, 0) is 31.7 Å². The second-order valence-corrected chi connectivity index (χ2v) is 6.61. The molecule has 0 spiro atoms. The van der Waals surface area contributed by atoms with Crippen LogP contribution in [-0.2, 0) is 11.3 Å². The number of nitrogens with zero attached hydrogens (tertiary/aromatic N) is 1. The van der Waals surface area contributed by atoms with E-state index in [4.69, 9.17) is 14.6 Å². The average molecular weight is 321 g/mol. The van der Waals surface area contributed by atoms with Crippen molar-refractivity contribution in [3.05, 3.63) is 29.8 Å². The minimum Gasteiger partial charge on any atom is -0.491 e. The number of hydrogen-bond donors (Lipinski definition) is 2. The van der Waals surface area contributed by atoms with E-state index in [1.165, 1.54) is 0 Å². The Labute approximate surface area is 137 Å². The molecule has 1 aliphatic carbocycles. The number of rotatable bonds is 6. The zero-order chi connectivity index (χ0) is 16.3. The van der Waals surface area contributed by atoms with Crippen LogP contribution in [0.1, 0.15) is 31.2 Å². The summed E-state index contributed by atoms with van der Waals surface area (Å²) >= 11 is 0. The highest BCUT2D eigenvalue weighted by molar-refractivity contribution is 5.33. The van der Waals surface area contributed by atoms with Crippen LogP contribution in [-0.4, -0.2) is 59.7 Å². The highest BCUT2D eigenvalue weighted by Crippen LogP contribution is 2.43. The number of hydrogen-bond acceptors (Lipinski definition) is 5. The van der Waals surface area contributed by atoms with Crippen LogP contribution in [0.25, 0.3) is 0 Å². The van der Waals surface area contributed by atoms with Crippen molar-refractivity contribution < 1.29 is 19.7 Å². The predicted octanol–water partition coefficient (Wildman–Crippen LogP) is 1.56. The lowest BCUT2D eigenvalue weighted by Gasteiger charge is -2.42. The summed E-state index contributed by atoms with van der Waals surface area (Å²) in [6.45, 7) is 2.07. The van der Waals surface area contributed by atoms with E-state index >= 15 is 0 Å². The van der Waals surface area contributed by atoms with E-state index in [-0.39, 0.29) is 24.4 Å². The lowest BCUT2D eigenvalue weighted by molar-refractivity contribution is -0.0880. The van der Waals surface area contributed by atoms with Crippen LogP contribution in [0, 0.1) is 0 Å². The third-order valence-corrected chi connectivity index (χ3v) is 5.37. The van der Waals surface area contributed by atoms with E-state index in [0.717, 1.165) is 50.1 Å². The first-order valence-electron chi connectivity index (χ1n) is 8.47. The molecule has 5 nitrogen and oxygen atoms in total. The molecule has 1 aromatic rings. The number of methoxy groups -OCH3 is 1. The number of benzene rings is 1. The van der Waals surface area contributed by atoms with Crippen LogP contribution < -0.4 is 4.74 Å². The molecule has 0 unspecified atom stereocenters. The molecule has 3 rings (SSSR count). The van der Waals surface area contributed by atoms with Gasteiger partial charge < -0.3 is 19.7 Å². The molecule has 0 amide bonds. The van der Waals surface area contributed by atoms with Gasteiger partial charge >= 0.3 is 0 Å². The molecule has 23 heavy (non-hydrogen) atoms. The van der Waals surface area contributed by atoms with Crippen LogP contribution in [0.15, 0.2) is 24.3 Å².